The van der Waals surface area contributed by atoms with Gasteiger partial charge in [0.1, 0.15) is 10.8 Å². The van der Waals surface area contributed by atoms with Gasteiger partial charge in [0, 0.05) is 0 Å². The van der Waals surface area contributed by atoms with E-state index in [-0.39, 0.29) is 10.8 Å². The summed E-state index contributed by atoms with van der Waals surface area (Å²) in [7, 11) is 0. The van der Waals surface area contributed by atoms with Gasteiger partial charge in [-0.15, -0.1) is 0 Å². The van der Waals surface area contributed by atoms with Crippen LogP contribution in [0, 0.1) is 0 Å². The van der Waals surface area contributed by atoms with Crippen molar-refractivity contribution in [2.45, 2.75) is 90.6 Å². The molecule has 0 amide bonds. The summed E-state index contributed by atoms with van der Waals surface area (Å²) in [6, 6.07) is 0. The fourth-order valence-electron chi connectivity index (χ4n) is 2.77. The first-order valence-electron chi connectivity index (χ1n) is 9.21. The smallest absolute Gasteiger partial charge is 0.359 e. The highest BCUT2D eigenvalue weighted by Crippen LogP contribution is 2.27. The van der Waals surface area contributed by atoms with Crippen LogP contribution in [0.3, 0.4) is 0 Å². The number of carbonyl (C=O) groups excluding carboxylic acids is 1. The molecule has 0 N–H and O–H groups in total. The Labute approximate surface area is 151 Å². The van der Waals surface area contributed by atoms with Gasteiger partial charge in [-0.1, -0.05) is 64.0 Å². The SMILES string of the molecule is CCCCCCC[C@](C)(CCCCC)OC(=O)c1cnc(Cl)cn1. The van der Waals surface area contributed by atoms with Crippen molar-refractivity contribution in [3.63, 3.8) is 0 Å². The maximum Gasteiger partial charge on any atom is 0.359 e. The summed E-state index contributed by atoms with van der Waals surface area (Å²) < 4.78 is 5.83. The molecule has 0 saturated heterocycles. The highest BCUT2D eigenvalue weighted by molar-refractivity contribution is 6.29. The monoisotopic (exact) mass is 354 g/mol. The number of ether oxygens (including phenoxy) is 1. The molecule has 0 aliphatic heterocycles. The number of aromatic nitrogens is 2. The van der Waals surface area contributed by atoms with Gasteiger partial charge in [0.15, 0.2) is 5.69 Å². The van der Waals surface area contributed by atoms with E-state index in [9.17, 15) is 4.79 Å². The first kappa shape index (κ1) is 20.9. The Bertz CT molecular complexity index is 479. The van der Waals surface area contributed by atoms with Gasteiger partial charge in [-0.25, -0.2) is 14.8 Å². The van der Waals surface area contributed by atoms with Crippen molar-refractivity contribution in [3.05, 3.63) is 23.2 Å². The standard InChI is InChI=1S/C19H31ClN2O2/c1-4-6-8-9-11-13-19(3,12-10-7-5-2)24-18(23)16-14-22-17(20)15-21-16/h14-15H,4-13H2,1-3H3/t19-/m0/s1. The summed E-state index contributed by atoms with van der Waals surface area (Å²) in [5.74, 6) is -0.410. The molecule has 0 spiro atoms. The average Bonchev–Trinajstić information content (AvgIpc) is 2.55. The Balaban J connectivity index is 2.61. The molecule has 1 atom stereocenters. The maximum atomic E-state index is 12.4. The maximum absolute atomic E-state index is 12.4. The minimum Gasteiger partial charge on any atom is -0.455 e. The second-order valence-electron chi connectivity index (χ2n) is 6.69. The molecular weight excluding hydrogens is 324 g/mol. The second kappa shape index (κ2) is 11.4. The lowest BCUT2D eigenvalue weighted by molar-refractivity contribution is -0.0205. The molecule has 1 heterocycles. The van der Waals surface area contributed by atoms with Gasteiger partial charge in [-0.05, 0) is 32.6 Å². The van der Waals surface area contributed by atoms with E-state index in [1.165, 1.54) is 38.1 Å². The third kappa shape index (κ3) is 8.09. The molecule has 136 valence electrons. The third-order valence-corrected chi connectivity index (χ3v) is 4.48. The average molecular weight is 355 g/mol. The van der Waals surface area contributed by atoms with Crippen molar-refractivity contribution in [1.29, 1.82) is 0 Å². The van der Waals surface area contributed by atoms with Crippen LogP contribution in [0.4, 0.5) is 0 Å². The van der Waals surface area contributed by atoms with Crippen LogP contribution >= 0.6 is 11.6 Å². The highest BCUT2D eigenvalue weighted by Gasteiger charge is 2.29. The molecule has 0 unspecified atom stereocenters. The second-order valence-corrected chi connectivity index (χ2v) is 7.07. The summed E-state index contributed by atoms with van der Waals surface area (Å²) in [6.45, 7) is 6.44. The third-order valence-electron chi connectivity index (χ3n) is 4.29. The topological polar surface area (TPSA) is 52.1 Å². The van der Waals surface area contributed by atoms with Gasteiger partial charge in [0.05, 0.1) is 12.4 Å². The van der Waals surface area contributed by atoms with E-state index < -0.39 is 11.6 Å². The van der Waals surface area contributed by atoms with Crippen LogP contribution in [0.15, 0.2) is 12.4 Å². The highest BCUT2D eigenvalue weighted by atomic mass is 35.5. The molecule has 1 aromatic heterocycles. The largest absolute Gasteiger partial charge is 0.455 e. The van der Waals surface area contributed by atoms with Gasteiger partial charge >= 0.3 is 5.97 Å². The number of rotatable bonds is 12. The number of hydrogen-bond acceptors (Lipinski definition) is 4. The van der Waals surface area contributed by atoms with Crippen molar-refractivity contribution in [1.82, 2.24) is 9.97 Å². The summed E-state index contributed by atoms with van der Waals surface area (Å²) in [5, 5.41) is 0.271. The molecule has 1 rings (SSSR count). The molecule has 24 heavy (non-hydrogen) atoms. The predicted molar refractivity (Wildman–Crippen MR) is 98.4 cm³/mol. The van der Waals surface area contributed by atoms with Crippen molar-refractivity contribution >= 4 is 17.6 Å². The van der Waals surface area contributed by atoms with Crippen LogP contribution in [0.2, 0.25) is 5.15 Å². The molecule has 0 aromatic carbocycles. The fourth-order valence-corrected chi connectivity index (χ4v) is 2.87. The normalized spacial score (nSPS) is 13.5. The van der Waals surface area contributed by atoms with Gasteiger partial charge in [-0.2, -0.15) is 0 Å². The summed E-state index contributed by atoms with van der Waals surface area (Å²) >= 11 is 5.72. The molecule has 0 aliphatic rings. The van der Waals surface area contributed by atoms with Gasteiger partial charge < -0.3 is 4.74 Å². The Hall–Kier alpha value is -1.16. The van der Waals surface area contributed by atoms with E-state index in [2.05, 4.69) is 23.8 Å². The molecule has 0 radical (unpaired) electrons. The quantitative estimate of drug-likeness (QED) is 0.342. The molecule has 5 heteroatoms. The van der Waals surface area contributed by atoms with E-state index in [4.69, 9.17) is 16.3 Å². The fraction of sp³-hybridized carbons (Fsp3) is 0.737. The van der Waals surface area contributed by atoms with E-state index in [0.29, 0.717) is 0 Å². The molecule has 1 aromatic rings. The minimum absolute atomic E-state index is 0.215. The Morgan fingerprint density at radius 3 is 2.17 bits per heavy atom. The van der Waals surface area contributed by atoms with E-state index in [1.54, 1.807) is 0 Å². The van der Waals surface area contributed by atoms with E-state index in [0.717, 1.165) is 38.5 Å². The first-order chi connectivity index (χ1) is 11.5. The van der Waals surface area contributed by atoms with Crippen molar-refractivity contribution in [2.75, 3.05) is 0 Å². The zero-order valence-corrected chi connectivity index (χ0v) is 16.1. The number of esters is 1. The summed E-state index contributed by atoms with van der Waals surface area (Å²) in [5.41, 5.74) is -0.216. The van der Waals surface area contributed by atoms with Gasteiger partial charge in [-0.3, -0.25) is 0 Å². The van der Waals surface area contributed by atoms with Crippen molar-refractivity contribution in [2.24, 2.45) is 0 Å². The van der Waals surface area contributed by atoms with Crippen LogP contribution in [0.25, 0.3) is 0 Å². The Morgan fingerprint density at radius 2 is 1.58 bits per heavy atom. The molecule has 4 nitrogen and oxygen atoms in total. The molecule has 0 bridgehead atoms. The van der Waals surface area contributed by atoms with Crippen LogP contribution in [-0.2, 0) is 4.74 Å². The van der Waals surface area contributed by atoms with Crippen LogP contribution in [0.1, 0.15) is 95.5 Å². The van der Waals surface area contributed by atoms with Crippen LogP contribution in [-0.4, -0.2) is 21.5 Å². The zero-order chi connectivity index (χ0) is 17.8. The summed E-state index contributed by atoms with van der Waals surface area (Å²) in [6.07, 6.45) is 13.9. The Morgan fingerprint density at radius 1 is 1.00 bits per heavy atom. The predicted octanol–water partition coefficient (Wildman–Crippen LogP) is 5.99. The molecular formula is C19H31ClN2O2. The van der Waals surface area contributed by atoms with E-state index in [1.807, 2.05) is 6.92 Å². The van der Waals surface area contributed by atoms with Gasteiger partial charge in [0.25, 0.3) is 0 Å². The van der Waals surface area contributed by atoms with E-state index >= 15 is 0 Å². The number of unbranched alkanes of at least 4 members (excludes halogenated alkanes) is 6. The lowest BCUT2D eigenvalue weighted by Gasteiger charge is -2.30. The number of carbonyl (C=O) groups is 1. The Kier molecular flexibility index (Phi) is 9.92. The molecule has 0 aliphatic carbocycles. The van der Waals surface area contributed by atoms with Crippen LogP contribution < -0.4 is 0 Å². The first-order valence-corrected chi connectivity index (χ1v) is 9.59. The minimum atomic E-state index is -0.431. The van der Waals surface area contributed by atoms with Crippen molar-refractivity contribution < 1.29 is 9.53 Å². The van der Waals surface area contributed by atoms with Crippen LogP contribution in [0.5, 0.6) is 0 Å². The number of halogens is 1. The van der Waals surface area contributed by atoms with Gasteiger partial charge in [0.2, 0.25) is 0 Å². The van der Waals surface area contributed by atoms with Crippen molar-refractivity contribution in [3.8, 4) is 0 Å². The number of hydrogen-bond donors (Lipinski definition) is 0. The zero-order valence-electron chi connectivity index (χ0n) is 15.3. The number of nitrogens with zero attached hydrogens (tertiary/aromatic N) is 2. The lowest BCUT2D eigenvalue weighted by Crippen LogP contribution is -2.32. The lowest BCUT2D eigenvalue weighted by atomic mass is 9.91. The molecule has 0 saturated carbocycles. The molecule has 0 fully saturated rings. The summed E-state index contributed by atoms with van der Waals surface area (Å²) in [4.78, 5) is 20.3.